The van der Waals surface area contributed by atoms with Gasteiger partial charge in [0.25, 0.3) is 0 Å². The maximum absolute atomic E-state index is 4.64. The maximum Gasteiger partial charge on any atom is 0.0712 e. The van der Waals surface area contributed by atoms with Gasteiger partial charge in [-0.15, -0.1) is 0 Å². The van der Waals surface area contributed by atoms with E-state index in [1.165, 1.54) is 27.7 Å². The number of para-hydroxylation sites is 2. The van der Waals surface area contributed by atoms with E-state index in [1.54, 1.807) is 0 Å². The van der Waals surface area contributed by atoms with Crippen molar-refractivity contribution in [3.63, 3.8) is 0 Å². The molecule has 0 aliphatic heterocycles. The second-order valence-electron chi connectivity index (χ2n) is 5.95. The number of benzene rings is 2. The normalized spacial score (nSPS) is 10.6. The monoisotopic (exact) mass is 302 g/mol. The summed E-state index contributed by atoms with van der Waals surface area (Å²) in [6, 6.07) is 20.8. The fourth-order valence-electron chi connectivity index (χ4n) is 2.79. The van der Waals surface area contributed by atoms with Crippen LogP contribution in [0.3, 0.4) is 0 Å². The van der Waals surface area contributed by atoms with E-state index in [-0.39, 0.29) is 0 Å². The third-order valence-corrected chi connectivity index (χ3v) is 4.48. The number of aryl methyl sites for hydroxylation is 3. The fourth-order valence-corrected chi connectivity index (χ4v) is 2.79. The molecule has 116 valence electrons. The Labute approximate surface area is 137 Å². The first kappa shape index (κ1) is 15.3. The minimum absolute atomic E-state index is 1.08. The number of nitrogens with zero attached hydrogens (tertiary/aromatic N) is 2. The van der Waals surface area contributed by atoms with Crippen LogP contribution in [0.25, 0.3) is 21.8 Å². The van der Waals surface area contributed by atoms with Gasteiger partial charge in [-0.25, -0.2) is 4.98 Å². The zero-order valence-electron chi connectivity index (χ0n) is 14.2. The van der Waals surface area contributed by atoms with Gasteiger partial charge in [-0.2, -0.15) is 0 Å². The Hall–Kier alpha value is -2.61. The van der Waals surface area contributed by atoms with Crippen LogP contribution < -0.4 is 0 Å². The number of hydrogen-bond donors (Lipinski definition) is 0. The highest BCUT2D eigenvalue weighted by Gasteiger charge is 2.03. The zero-order valence-corrected chi connectivity index (χ0v) is 14.2. The van der Waals surface area contributed by atoms with Crippen molar-refractivity contribution < 1.29 is 0 Å². The summed E-state index contributed by atoms with van der Waals surface area (Å²) < 4.78 is 2.17. The van der Waals surface area contributed by atoms with Crippen LogP contribution in [0.4, 0.5) is 0 Å². The third-order valence-electron chi connectivity index (χ3n) is 4.48. The Balaban J connectivity index is 0.000000166. The van der Waals surface area contributed by atoms with Crippen LogP contribution >= 0.6 is 0 Å². The van der Waals surface area contributed by atoms with Crippen molar-refractivity contribution in [3.8, 4) is 0 Å². The van der Waals surface area contributed by atoms with Gasteiger partial charge in [0.1, 0.15) is 0 Å². The second kappa shape index (κ2) is 6.25. The van der Waals surface area contributed by atoms with E-state index >= 15 is 0 Å². The molecule has 0 radical (unpaired) electrons. The second-order valence-corrected chi connectivity index (χ2v) is 5.95. The van der Waals surface area contributed by atoms with Gasteiger partial charge in [0.15, 0.2) is 0 Å². The van der Waals surface area contributed by atoms with Crippen LogP contribution in [0.15, 0.2) is 60.7 Å². The van der Waals surface area contributed by atoms with Gasteiger partial charge in [0.2, 0.25) is 0 Å². The minimum Gasteiger partial charge on any atom is -0.352 e. The smallest absolute Gasteiger partial charge is 0.0712 e. The van der Waals surface area contributed by atoms with Gasteiger partial charge >= 0.3 is 0 Å². The van der Waals surface area contributed by atoms with E-state index in [9.17, 15) is 0 Å². The summed E-state index contributed by atoms with van der Waals surface area (Å²) in [5, 5.41) is 2.49. The summed E-state index contributed by atoms with van der Waals surface area (Å²) >= 11 is 0. The summed E-state index contributed by atoms with van der Waals surface area (Å²) in [5.41, 5.74) is 6.11. The average Bonchev–Trinajstić information content (AvgIpc) is 2.87. The SMILES string of the molecule is Cc1c2ccccc2nc2ccccc12.Cc1ccc(C)n1C. The molecule has 2 heterocycles. The largest absolute Gasteiger partial charge is 0.352 e. The molecule has 0 amide bonds. The van der Waals surface area contributed by atoms with Gasteiger partial charge in [-0.05, 0) is 50.6 Å². The molecular weight excluding hydrogens is 280 g/mol. The highest BCUT2D eigenvalue weighted by Crippen LogP contribution is 2.24. The number of rotatable bonds is 0. The molecule has 0 aliphatic rings. The van der Waals surface area contributed by atoms with E-state index in [1.807, 2.05) is 12.1 Å². The summed E-state index contributed by atoms with van der Waals surface area (Å²) in [4.78, 5) is 4.64. The molecule has 0 fully saturated rings. The van der Waals surface area contributed by atoms with Crippen molar-refractivity contribution in [3.05, 3.63) is 77.6 Å². The Morgan fingerprint density at radius 1 is 0.652 bits per heavy atom. The molecule has 0 unspecified atom stereocenters. The Morgan fingerprint density at radius 3 is 1.48 bits per heavy atom. The van der Waals surface area contributed by atoms with Crippen molar-refractivity contribution in [2.75, 3.05) is 0 Å². The predicted octanol–water partition coefficient (Wildman–Crippen LogP) is 5.34. The molecule has 0 saturated heterocycles. The topological polar surface area (TPSA) is 17.8 Å². The van der Waals surface area contributed by atoms with Crippen LogP contribution in [0.5, 0.6) is 0 Å². The lowest BCUT2D eigenvalue weighted by atomic mass is 10.0. The number of fused-ring (bicyclic) bond motifs is 2. The molecule has 0 spiro atoms. The molecule has 4 aromatic rings. The lowest BCUT2D eigenvalue weighted by molar-refractivity contribution is 0.844. The van der Waals surface area contributed by atoms with E-state index < -0.39 is 0 Å². The fraction of sp³-hybridized carbons (Fsp3) is 0.190. The van der Waals surface area contributed by atoms with Crippen LogP contribution in [-0.4, -0.2) is 9.55 Å². The standard InChI is InChI=1S/C14H11N.C7H11N/c1-10-11-6-2-4-8-13(11)15-14-9-5-3-7-12(10)14;1-6-4-5-7(2)8(6)3/h2-9H,1H3;4-5H,1-3H3. The number of pyridine rings is 1. The van der Waals surface area contributed by atoms with E-state index in [0.29, 0.717) is 0 Å². The first-order valence-electron chi connectivity index (χ1n) is 7.91. The highest BCUT2D eigenvalue weighted by molar-refractivity contribution is 5.96. The van der Waals surface area contributed by atoms with Crippen LogP contribution in [0.1, 0.15) is 17.0 Å². The molecule has 0 aliphatic carbocycles. The molecule has 0 saturated carbocycles. The molecule has 2 aromatic carbocycles. The molecule has 2 aromatic heterocycles. The van der Waals surface area contributed by atoms with Gasteiger partial charge < -0.3 is 4.57 Å². The maximum atomic E-state index is 4.64. The summed E-state index contributed by atoms with van der Waals surface area (Å²) in [6.07, 6.45) is 0. The molecule has 0 bridgehead atoms. The average molecular weight is 302 g/mol. The highest BCUT2D eigenvalue weighted by atomic mass is 14.9. The lowest BCUT2D eigenvalue weighted by Crippen LogP contribution is -1.91. The van der Waals surface area contributed by atoms with E-state index in [0.717, 1.165) is 11.0 Å². The zero-order chi connectivity index (χ0) is 16.4. The van der Waals surface area contributed by atoms with Crippen LogP contribution in [0.2, 0.25) is 0 Å². The Morgan fingerprint density at radius 2 is 1.09 bits per heavy atom. The predicted molar refractivity (Wildman–Crippen MR) is 98.9 cm³/mol. The quantitative estimate of drug-likeness (QED) is 0.401. The number of aromatic nitrogens is 2. The summed E-state index contributed by atoms with van der Waals surface area (Å²) in [6.45, 7) is 6.37. The van der Waals surface area contributed by atoms with Crippen molar-refractivity contribution in [2.24, 2.45) is 7.05 Å². The van der Waals surface area contributed by atoms with Gasteiger partial charge in [0, 0.05) is 29.2 Å². The lowest BCUT2D eigenvalue weighted by Gasteiger charge is -2.05. The van der Waals surface area contributed by atoms with Gasteiger partial charge in [-0.1, -0.05) is 36.4 Å². The first-order valence-corrected chi connectivity index (χ1v) is 7.91. The first-order chi connectivity index (χ1) is 11.1. The van der Waals surface area contributed by atoms with Gasteiger partial charge in [0.05, 0.1) is 11.0 Å². The Kier molecular flexibility index (Phi) is 4.16. The summed E-state index contributed by atoms with van der Waals surface area (Å²) in [5.74, 6) is 0. The van der Waals surface area contributed by atoms with Crippen molar-refractivity contribution in [1.82, 2.24) is 9.55 Å². The molecule has 2 heteroatoms. The van der Waals surface area contributed by atoms with Crippen LogP contribution in [0, 0.1) is 20.8 Å². The molecule has 23 heavy (non-hydrogen) atoms. The number of hydrogen-bond acceptors (Lipinski definition) is 1. The van der Waals surface area contributed by atoms with Crippen molar-refractivity contribution >= 4 is 21.8 Å². The Bertz CT molecular complexity index is 891. The molecule has 2 nitrogen and oxygen atoms in total. The van der Waals surface area contributed by atoms with Crippen molar-refractivity contribution in [1.29, 1.82) is 0 Å². The summed E-state index contributed by atoms with van der Waals surface area (Å²) in [7, 11) is 2.07. The molecule has 0 N–H and O–H groups in total. The third kappa shape index (κ3) is 2.98. The van der Waals surface area contributed by atoms with Crippen LogP contribution in [-0.2, 0) is 7.05 Å². The molecule has 0 atom stereocenters. The minimum atomic E-state index is 1.08. The van der Waals surface area contributed by atoms with Crippen molar-refractivity contribution in [2.45, 2.75) is 20.8 Å². The molecular formula is C21H22N2. The van der Waals surface area contributed by atoms with E-state index in [2.05, 4.69) is 85.9 Å². The molecule has 4 rings (SSSR count). The van der Waals surface area contributed by atoms with E-state index in [4.69, 9.17) is 0 Å². The van der Waals surface area contributed by atoms with Gasteiger partial charge in [-0.3, -0.25) is 0 Å².